The molecule has 0 unspecified atom stereocenters. The van der Waals surface area contributed by atoms with Crippen molar-refractivity contribution in [1.29, 1.82) is 0 Å². The Morgan fingerprint density at radius 2 is 1.70 bits per heavy atom. The topological polar surface area (TPSA) is 73.9 Å². The molecule has 4 bridgehead atoms. The van der Waals surface area contributed by atoms with Gasteiger partial charge in [-0.05, 0) is 81.4 Å². The third-order valence-corrected chi connectivity index (χ3v) is 6.69. The van der Waals surface area contributed by atoms with Crippen LogP contribution in [-0.2, 0) is 9.53 Å². The summed E-state index contributed by atoms with van der Waals surface area (Å²) in [6.07, 6.45) is 6.38. The van der Waals surface area contributed by atoms with E-state index in [2.05, 4.69) is 5.32 Å². The molecule has 1 heterocycles. The zero-order valence-corrected chi connectivity index (χ0v) is 15.5. The van der Waals surface area contributed by atoms with Crippen LogP contribution in [0.4, 0.5) is 0 Å². The molecule has 0 aromatic heterocycles. The Morgan fingerprint density at radius 1 is 1.07 bits per heavy atom. The van der Waals surface area contributed by atoms with Crippen molar-refractivity contribution in [1.82, 2.24) is 5.32 Å². The molecule has 6 nitrogen and oxygen atoms in total. The number of rotatable bonds is 4. The lowest BCUT2D eigenvalue weighted by atomic mass is 9.53. The summed E-state index contributed by atoms with van der Waals surface area (Å²) in [4.78, 5) is 25.2. The third kappa shape index (κ3) is 3.05. The van der Waals surface area contributed by atoms with Crippen LogP contribution in [0.25, 0.3) is 0 Å². The summed E-state index contributed by atoms with van der Waals surface area (Å²) in [5, 5.41) is 3.26. The predicted molar refractivity (Wildman–Crippen MR) is 96.5 cm³/mol. The van der Waals surface area contributed by atoms with Gasteiger partial charge in [0, 0.05) is 5.54 Å². The van der Waals surface area contributed by atoms with Crippen LogP contribution in [0.1, 0.15) is 55.8 Å². The standard InChI is InChI=1S/C21H25NO5/c1-12(27-20(24)16-2-3-17-18(7-16)26-11-25-17)19(23)22-21-8-13-4-14(9-21)6-15(5-13)10-21/h2-3,7,12-15H,4-6,8-11H2,1H3,(H,22,23)/t12-,13?,14?,15?,21?/m1/s1. The van der Waals surface area contributed by atoms with Gasteiger partial charge in [0.1, 0.15) is 0 Å². The van der Waals surface area contributed by atoms with Crippen LogP contribution in [0, 0.1) is 17.8 Å². The molecule has 1 N–H and O–H groups in total. The molecule has 4 fully saturated rings. The fraction of sp³-hybridized carbons (Fsp3) is 0.619. The van der Waals surface area contributed by atoms with Gasteiger partial charge in [-0.2, -0.15) is 0 Å². The predicted octanol–water partition coefficient (Wildman–Crippen LogP) is 3.05. The molecular formula is C21H25NO5. The van der Waals surface area contributed by atoms with Gasteiger partial charge >= 0.3 is 5.97 Å². The fourth-order valence-corrected chi connectivity index (χ4v) is 5.93. The highest BCUT2D eigenvalue weighted by Gasteiger charge is 2.51. The highest BCUT2D eigenvalue weighted by atomic mass is 16.7. The summed E-state index contributed by atoms with van der Waals surface area (Å²) in [7, 11) is 0. The zero-order valence-electron chi connectivity index (χ0n) is 15.5. The second-order valence-electron chi connectivity index (χ2n) is 8.80. The van der Waals surface area contributed by atoms with Gasteiger partial charge in [-0.3, -0.25) is 4.79 Å². The number of ether oxygens (including phenoxy) is 3. The van der Waals surface area contributed by atoms with Crippen molar-refractivity contribution in [2.75, 3.05) is 6.79 Å². The van der Waals surface area contributed by atoms with E-state index in [0.717, 1.165) is 37.0 Å². The summed E-state index contributed by atoms with van der Waals surface area (Å²) in [5.74, 6) is 2.68. The van der Waals surface area contributed by atoms with Gasteiger partial charge in [-0.15, -0.1) is 0 Å². The molecule has 1 aromatic rings. The van der Waals surface area contributed by atoms with E-state index < -0.39 is 12.1 Å². The molecule has 0 radical (unpaired) electrons. The number of hydrogen-bond donors (Lipinski definition) is 1. The van der Waals surface area contributed by atoms with Gasteiger partial charge < -0.3 is 19.5 Å². The maximum Gasteiger partial charge on any atom is 0.339 e. The lowest BCUT2D eigenvalue weighted by molar-refractivity contribution is -0.134. The lowest BCUT2D eigenvalue weighted by Gasteiger charge is -2.57. The van der Waals surface area contributed by atoms with Crippen molar-refractivity contribution in [3.8, 4) is 11.5 Å². The number of fused-ring (bicyclic) bond motifs is 1. The largest absolute Gasteiger partial charge is 0.454 e. The second-order valence-corrected chi connectivity index (χ2v) is 8.80. The number of hydrogen-bond acceptors (Lipinski definition) is 5. The van der Waals surface area contributed by atoms with Crippen LogP contribution in [0.5, 0.6) is 11.5 Å². The highest BCUT2D eigenvalue weighted by Crippen LogP contribution is 2.55. The molecule has 0 spiro atoms. The molecule has 1 amide bonds. The molecule has 1 aromatic carbocycles. The molecular weight excluding hydrogens is 346 g/mol. The molecule has 144 valence electrons. The Labute approximate surface area is 158 Å². The maximum absolute atomic E-state index is 12.7. The fourth-order valence-electron chi connectivity index (χ4n) is 5.93. The van der Waals surface area contributed by atoms with E-state index in [1.165, 1.54) is 19.3 Å². The first kappa shape index (κ1) is 16.9. The van der Waals surface area contributed by atoms with Gasteiger partial charge in [0.2, 0.25) is 6.79 Å². The van der Waals surface area contributed by atoms with Crippen molar-refractivity contribution in [3.63, 3.8) is 0 Å². The SMILES string of the molecule is C[C@@H](OC(=O)c1ccc2c(c1)OCO2)C(=O)NC12CC3CC(CC(C3)C1)C2. The number of nitrogens with one attached hydrogen (secondary N) is 1. The van der Waals surface area contributed by atoms with Crippen LogP contribution in [-0.4, -0.2) is 30.3 Å². The molecule has 4 saturated carbocycles. The summed E-state index contributed by atoms with van der Waals surface area (Å²) in [5.41, 5.74) is 0.277. The Bertz CT molecular complexity index is 753. The monoisotopic (exact) mass is 371 g/mol. The third-order valence-electron chi connectivity index (χ3n) is 6.69. The molecule has 1 aliphatic heterocycles. The minimum absolute atomic E-state index is 0.0781. The van der Waals surface area contributed by atoms with Crippen molar-refractivity contribution in [2.45, 2.75) is 57.1 Å². The van der Waals surface area contributed by atoms with Crippen LogP contribution in [0.15, 0.2) is 18.2 Å². The maximum atomic E-state index is 12.7. The van der Waals surface area contributed by atoms with Crippen molar-refractivity contribution < 1.29 is 23.8 Å². The van der Waals surface area contributed by atoms with E-state index in [9.17, 15) is 9.59 Å². The Kier molecular flexibility index (Phi) is 3.85. The van der Waals surface area contributed by atoms with E-state index >= 15 is 0 Å². The van der Waals surface area contributed by atoms with E-state index in [1.807, 2.05) is 0 Å². The van der Waals surface area contributed by atoms with E-state index in [4.69, 9.17) is 14.2 Å². The molecule has 4 aliphatic carbocycles. The van der Waals surface area contributed by atoms with Gasteiger partial charge in [-0.1, -0.05) is 0 Å². The summed E-state index contributed by atoms with van der Waals surface area (Å²) in [6.45, 7) is 1.79. The van der Waals surface area contributed by atoms with Gasteiger partial charge in [0.15, 0.2) is 17.6 Å². The Balaban J connectivity index is 1.23. The number of benzene rings is 1. The van der Waals surface area contributed by atoms with Gasteiger partial charge in [0.25, 0.3) is 5.91 Å². The van der Waals surface area contributed by atoms with Crippen molar-refractivity contribution in [3.05, 3.63) is 23.8 Å². The molecule has 1 atom stereocenters. The number of carbonyl (C=O) groups excluding carboxylic acids is 2. The van der Waals surface area contributed by atoms with Crippen molar-refractivity contribution in [2.24, 2.45) is 17.8 Å². The first-order valence-electron chi connectivity index (χ1n) is 9.92. The van der Waals surface area contributed by atoms with Crippen LogP contribution < -0.4 is 14.8 Å². The van der Waals surface area contributed by atoms with Gasteiger partial charge in [0.05, 0.1) is 5.56 Å². The number of esters is 1. The molecule has 5 aliphatic rings. The van der Waals surface area contributed by atoms with Crippen molar-refractivity contribution >= 4 is 11.9 Å². The average Bonchev–Trinajstić information content (AvgIpc) is 3.07. The smallest absolute Gasteiger partial charge is 0.339 e. The van der Waals surface area contributed by atoms with Crippen LogP contribution >= 0.6 is 0 Å². The first-order chi connectivity index (χ1) is 13.0. The van der Waals surface area contributed by atoms with E-state index in [0.29, 0.717) is 17.1 Å². The summed E-state index contributed by atoms with van der Waals surface area (Å²) < 4.78 is 16.0. The first-order valence-corrected chi connectivity index (χ1v) is 9.92. The average molecular weight is 371 g/mol. The number of carbonyl (C=O) groups is 2. The molecule has 6 heteroatoms. The highest BCUT2D eigenvalue weighted by molar-refractivity contribution is 5.93. The molecule has 27 heavy (non-hydrogen) atoms. The minimum atomic E-state index is -0.823. The summed E-state index contributed by atoms with van der Waals surface area (Å²) >= 11 is 0. The van der Waals surface area contributed by atoms with Crippen LogP contribution in [0.2, 0.25) is 0 Å². The van der Waals surface area contributed by atoms with Gasteiger partial charge in [-0.25, -0.2) is 4.79 Å². The minimum Gasteiger partial charge on any atom is -0.454 e. The Hall–Kier alpha value is -2.24. The summed E-state index contributed by atoms with van der Waals surface area (Å²) in [6, 6.07) is 4.90. The van der Waals surface area contributed by atoms with E-state index in [-0.39, 0.29) is 18.2 Å². The Morgan fingerprint density at radius 3 is 2.37 bits per heavy atom. The molecule has 0 saturated heterocycles. The normalized spacial score (nSPS) is 33.6. The quantitative estimate of drug-likeness (QED) is 0.824. The second kappa shape index (κ2) is 6.14. The molecule has 6 rings (SSSR count). The lowest BCUT2D eigenvalue weighted by Crippen LogP contribution is -2.61. The number of amides is 1. The van der Waals surface area contributed by atoms with Crippen LogP contribution in [0.3, 0.4) is 0 Å². The van der Waals surface area contributed by atoms with E-state index in [1.54, 1.807) is 25.1 Å². The zero-order chi connectivity index (χ0) is 18.6.